The van der Waals surface area contributed by atoms with Crippen molar-refractivity contribution in [3.63, 3.8) is 0 Å². The number of hydrogen-bond donors (Lipinski definition) is 2. The number of carbonyl (C=O) groups excluding carboxylic acids is 3. The topological polar surface area (TPSA) is 105 Å². The van der Waals surface area contributed by atoms with Crippen LogP contribution in [0.2, 0.25) is 0 Å². The Morgan fingerprint density at radius 2 is 2.32 bits per heavy atom. The normalized spacial score (nSPS) is 17.0. The fourth-order valence-corrected chi connectivity index (χ4v) is 3.15. The van der Waals surface area contributed by atoms with E-state index in [1.165, 1.54) is 6.26 Å². The summed E-state index contributed by atoms with van der Waals surface area (Å²) >= 11 is 1.54. The fraction of sp³-hybridized carbons (Fsp3) is 0.375. The van der Waals surface area contributed by atoms with E-state index >= 15 is 0 Å². The molecule has 0 bridgehead atoms. The second-order valence-electron chi connectivity index (χ2n) is 5.57. The molecule has 2 aromatic rings. The van der Waals surface area contributed by atoms with Crippen molar-refractivity contribution < 1.29 is 18.8 Å². The Labute approximate surface area is 148 Å². The van der Waals surface area contributed by atoms with Crippen LogP contribution in [-0.2, 0) is 22.6 Å². The van der Waals surface area contributed by atoms with Gasteiger partial charge in [0, 0.05) is 31.0 Å². The molecule has 0 spiro atoms. The smallest absolute Gasteiger partial charge is 0.325 e. The number of imide groups is 1. The fourth-order valence-electron chi connectivity index (χ4n) is 2.53. The molecule has 0 unspecified atom stereocenters. The van der Waals surface area contributed by atoms with Crippen molar-refractivity contribution in [1.29, 1.82) is 0 Å². The molecule has 2 aromatic heterocycles. The van der Waals surface area contributed by atoms with E-state index in [-0.39, 0.29) is 31.2 Å². The highest BCUT2D eigenvalue weighted by molar-refractivity contribution is 7.09. The first-order chi connectivity index (χ1) is 12.1. The second kappa shape index (κ2) is 7.93. The molecular formula is C16H18N4O4S. The average molecular weight is 362 g/mol. The lowest BCUT2D eigenvalue weighted by atomic mass is 10.1. The third kappa shape index (κ3) is 4.44. The summed E-state index contributed by atoms with van der Waals surface area (Å²) < 4.78 is 5.16. The Morgan fingerprint density at radius 1 is 1.44 bits per heavy atom. The number of carbonyl (C=O) groups is 3. The highest BCUT2D eigenvalue weighted by Gasteiger charge is 2.38. The van der Waals surface area contributed by atoms with E-state index in [9.17, 15) is 14.4 Å². The van der Waals surface area contributed by atoms with Gasteiger partial charge in [-0.3, -0.25) is 14.5 Å². The largest absolute Gasteiger partial charge is 0.467 e. The SMILES string of the molecule is O=C(CC[C@H]1NC(=O)N(Cc2ccco2)C1=O)NCCc1nccs1. The van der Waals surface area contributed by atoms with Crippen LogP contribution in [-0.4, -0.2) is 40.3 Å². The molecule has 25 heavy (non-hydrogen) atoms. The molecule has 3 heterocycles. The van der Waals surface area contributed by atoms with Crippen LogP contribution in [0.3, 0.4) is 0 Å². The summed E-state index contributed by atoms with van der Waals surface area (Å²) in [4.78, 5) is 41.3. The monoisotopic (exact) mass is 362 g/mol. The quantitative estimate of drug-likeness (QED) is 0.689. The van der Waals surface area contributed by atoms with E-state index < -0.39 is 12.1 Å². The first-order valence-electron chi connectivity index (χ1n) is 7.93. The first-order valence-corrected chi connectivity index (χ1v) is 8.81. The molecule has 3 rings (SSSR count). The van der Waals surface area contributed by atoms with Crippen LogP contribution in [0.5, 0.6) is 0 Å². The summed E-state index contributed by atoms with van der Waals surface area (Å²) in [5.74, 6) is 0.0455. The van der Waals surface area contributed by atoms with E-state index in [0.717, 1.165) is 9.91 Å². The number of urea groups is 1. The standard InChI is InChI=1S/C16H18N4O4S/c21-13(17-6-5-14-18-7-9-25-14)4-3-12-15(22)20(16(23)19-12)10-11-2-1-8-24-11/h1-2,7-9,12H,3-6,10H2,(H,17,21)(H,19,23)/t12-/m1/s1. The third-order valence-electron chi connectivity index (χ3n) is 3.81. The van der Waals surface area contributed by atoms with Crippen molar-refractivity contribution in [3.05, 3.63) is 40.7 Å². The Hall–Kier alpha value is -2.68. The van der Waals surface area contributed by atoms with Crippen LogP contribution in [0, 0.1) is 0 Å². The number of thiazole rings is 1. The van der Waals surface area contributed by atoms with Crippen LogP contribution in [0.4, 0.5) is 4.79 Å². The van der Waals surface area contributed by atoms with E-state index in [4.69, 9.17) is 4.42 Å². The minimum atomic E-state index is -0.674. The molecular weight excluding hydrogens is 344 g/mol. The Bertz CT molecular complexity index is 729. The predicted octanol–water partition coefficient (Wildman–Crippen LogP) is 1.30. The summed E-state index contributed by atoms with van der Waals surface area (Å²) in [5, 5.41) is 8.25. The van der Waals surface area contributed by atoms with Crippen molar-refractivity contribution >= 4 is 29.2 Å². The number of rotatable bonds is 8. The zero-order chi connectivity index (χ0) is 17.6. The van der Waals surface area contributed by atoms with Crippen molar-refractivity contribution in [1.82, 2.24) is 20.5 Å². The maximum absolute atomic E-state index is 12.3. The molecule has 8 nitrogen and oxygen atoms in total. The highest BCUT2D eigenvalue weighted by Crippen LogP contribution is 2.15. The number of furan rings is 1. The maximum atomic E-state index is 12.3. The van der Waals surface area contributed by atoms with E-state index in [0.29, 0.717) is 18.7 Å². The summed E-state index contributed by atoms with van der Waals surface area (Å²) in [6.07, 6.45) is 4.33. The number of aromatic nitrogens is 1. The van der Waals surface area contributed by atoms with Crippen molar-refractivity contribution in [2.75, 3.05) is 6.54 Å². The molecule has 1 saturated heterocycles. The Kier molecular flexibility index (Phi) is 5.44. The minimum Gasteiger partial charge on any atom is -0.467 e. The third-order valence-corrected chi connectivity index (χ3v) is 4.65. The molecule has 0 saturated carbocycles. The minimum absolute atomic E-state index is 0.0914. The Balaban J connectivity index is 1.41. The molecule has 1 aliphatic heterocycles. The number of nitrogens with one attached hydrogen (secondary N) is 2. The van der Waals surface area contributed by atoms with E-state index in [1.807, 2.05) is 5.38 Å². The van der Waals surface area contributed by atoms with Crippen LogP contribution in [0.15, 0.2) is 34.4 Å². The molecule has 132 valence electrons. The van der Waals surface area contributed by atoms with Crippen LogP contribution in [0.1, 0.15) is 23.6 Å². The Morgan fingerprint density at radius 3 is 3.04 bits per heavy atom. The van der Waals surface area contributed by atoms with Gasteiger partial charge in [-0.1, -0.05) is 0 Å². The van der Waals surface area contributed by atoms with Crippen LogP contribution < -0.4 is 10.6 Å². The van der Waals surface area contributed by atoms with Gasteiger partial charge >= 0.3 is 6.03 Å². The molecule has 1 atom stereocenters. The second-order valence-corrected chi connectivity index (χ2v) is 6.55. The summed E-state index contributed by atoms with van der Waals surface area (Å²) in [7, 11) is 0. The highest BCUT2D eigenvalue weighted by atomic mass is 32.1. The van der Waals surface area contributed by atoms with E-state index in [1.54, 1.807) is 29.7 Å². The molecule has 0 aliphatic carbocycles. The van der Waals surface area contributed by atoms with Gasteiger partial charge < -0.3 is 15.1 Å². The lowest BCUT2D eigenvalue weighted by molar-refractivity contribution is -0.128. The number of hydrogen-bond acceptors (Lipinski definition) is 6. The summed E-state index contributed by atoms with van der Waals surface area (Å²) in [6.45, 7) is 0.593. The van der Waals surface area contributed by atoms with Gasteiger partial charge in [0.1, 0.15) is 11.8 Å². The predicted molar refractivity (Wildman–Crippen MR) is 89.6 cm³/mol. The lowest BCUT2D eigenvalue weighted by Crippen LogP contribution is -2.33. The van der Waals surface area contributed by atoms with Crippen LogP contribution in [0.25, 0.3) is 0 Å². The maximum Gasteiger partial charge on any atom is 0.325 e. The zero-order valence-corrected chi connectivity index (χ0v) is 14.3. The molecule has 0 radical (unpaired) electrons. The summed E-state index contributed by atoms with van der Waals surface area (Å²) in [6, 6.07) is 2.26. The van der Waals surface area contributed by atoms with Crippen LogP contribution >= 0.6 is 11.3 Å². The average Bonchev–Trinajstić information content (AvgIpc) is 3.33. The zero-order valence-electron chi connectivity index (χ0n) is 13.4. The first kappa shape index (κ1) is 17.2. The van der Waals surface area contributed by atoms with Gasteiger partial charge in [0.25, 0.3) is 5.91 Å². The molecule has 2 N–H and O–H groups in total. The van der Waals surface area contributed by atoms with Crippen molar-refractivity contribution in [2.24, 2.45) is 0 Å². The van der Waals surface area contributed by atoms with Crippen molar-refractivity contribution in [3.8, 4) is 0 Å². The number of amides is 4. The van der Waals surface area contributed by atoms with Gasteiger partial charge in [0.05, 0.1) is 17.8 Å². The van der Waals surface area contributed by atoms with Gasteiger partial charge in [-0.2, -0.15) is 0 Å². The summed E-state index contributed by atoms with van der Waals surface area (Å²) in [5.41, 5.74) is 0. The molecule has 4 amide bonds. The molecule has 0 aromatic carbocycles. The van der Waals surface area contributed by atoms with Gasteiger partial charge in [0.15, 0.2) is 0 Å². The molecule has 1 aliphatic rings. The van der Waals surface area contributed by atoms with Gasteiger partial charge in [-0.05, 0) is 18.6 Å². The number of nitrogens with zero attached hydrogens (tertiary/aromatic N) is 2. The molecule has 1 fully saturated rings. The van der Waals surface area contributed by atoms with Gasteiger partial charge in [-0.25, -0.2) is 9.78 Å². The molecule has 9 heteroatoms. The van der Waals surface area contributed by atoms with E-state index in [2.05, 4.69) is 15.6 Å². The van der Waals surface area contributed by atoms with Crippen molar-refractivity contribution in [2.45, 2.75) is 31.8 Å². The van der Waals surface area contributed by atoms with Gasteiger partial charge in [-0.15, -0.1) is 11.3 Å². The lowest BCUT2D eigenvalue weighted by Gasteiger charge is -2.11. The van der Waals surface area contributed by atoms with Gasteiger partial charge in [0.2, 0.25) is 5.91 Å².